The lowest BCUT2D eigenvalue weighted by molar-refractivity contribution is -0.312. The number of piperidine rings is 1. The van der Waals surface area contributed by atoms with Crippen molar-refractivity contribution in [1.82, 2.24) is 4.90 Å². The van der Waals surface area contributed by atoms with Crippen LogP contribution in [0.3, 0.4) is 0 Å². The second-order valence-corrected chi connectivity index (χ2v) is 13.8. The number of hydrogen-bond donors (Lipinski definition) is 2. The summed E-state index contributed by atoms with van der Waals surface area (Å²) in [6.45, 7) is 10.8. The van der Waals surface area contributed by atoms with Gasteiger partial charge >= 0.3 is 0 Å². The molecule has 8 rings (SSSR count). The number of hydrogen-bond acceptors (Lipinski definition) is 5. The SMILES string of the molecule is CO[C@]12CC[C@@]3(C[C@@H]1[C@@](C)(O)C(C)(C)C)C1Cc4ccc(O)c5c4[C@@]3(CCN1CC1CC1)C2O5. The van der Waals surface area contributed by atoms with Crippen LogP contribution in [0.15, 0.2) is 12.1 Å². The molecule has 0 aromatic heterocycles. The molecule has 34 heavy (non-hydrogen) atoms. The largest absolute Gasteiger partial charge is 0.504 e. The van der Waals surface area contributed by atoms with Crippen molar-refractivity contribution in [2.75, 3.05) is 20.2 Å². The number of methoxy groups -OCH3 is 1. The Labute approximate surface area is 203 Å². The third-order valence-electron chi connectivity index (χ3n) is 11.9. The molecule has 5 fully saturated rings. The minimum atomic E-state index is -0.909. The first kappa shape index (κ1) is 21.9. The van der Waals surface area contributed by atoms with Crippen LogP contribution in [0.2, 0.25) is 0 Å². The van der Waals surface area contributed by atoms with E-state index >= 15 is 0 Å². The fourth-order valence-electron chi connectivity index (χ4n) is 9.58. The maximum atomic E-state index is 12.2. The number of ether oxygens (including phenoxy) is 2. The van der Waals surface area contributed by atoms with E-state index in [1.165, 1.54) is 30.5 Å². The van der Waals surface area contributed by atoms with Crippen LogP contribution in [0, 0.1) is 22.7 Å². The molecule has 5 nitrogen and oxygen atoms in total. The van der Waals surface area contributed by atoms with E-state index in [2.05, 4.69) is 31.7 Å². The van der Waals surface area contributed by atoms with E-state index in [1.807, 2.05) is 20.1 Å². The molecule has 4 bridgehead atoms. The second-order valence-electron chi connectivity index (χ2n) is 13.8. The van der Waals surface area contributed by atoms with Gasteiger partial charge < -0.3 is 19.7 Å². The van der Waals surface area contributed by atoms with Gasteiger partial charge in [0.25, 0.3) is 0 Å². The normalized spacial score (nSPS) is 43.9. The van der Waals surface area contributed by atoms with Gasteiger partial charge in [0.1, 0.15) is 11.7 Å². The summed E-state index contributed by atoms with van der Waals surface area (Å²) in [5.74, 6) is 1.80. The molecule has 2 spiro atoms. The first-order valence-corrected chi connectivity index (χ1v) is 13.6. The van der Waals surface area contributed by atoms with Crippen LogP contribution in [0.4, 0.5) is 0 Å². The predicted octanol–water partition coefficient (Wildman–Crippen LogP) is 4.41. The summed E-state index contributed by atoms with van der Waals surface area (Å²) in [5.41, 5.74) is 0.783. The number of rotatable bonds is 4. The average molecular weight is 468 g/mol. The first-order valence-electron chi connectivity index (χ1n) is 13.6. The van der Waals surface area contributed by atoms with Crippen molar-refractivity contribution in [3.63, 3.8) is 0 Å². The number of nitrogens with zero attached hydrogens (tertiary/aromatic N) is 1. The number of fused-ring (bicyclic) bond motifs is 2. The number of benzene rings is 1. The molecule has 7 atom stereocenters. The fourth-order valence-corrected chi connectivity index (χ4v) is 9.58. The maximum absolute atomic E-state index is 12.2. The highest BCUT2D eigenvalue weighted by Gasteiger charge is 2.82. The Hall–Kier alpha value is -1.30. The molecule has 7 aliphatic rings. The van der Waals surface area contributed by atoms with Crippen molar-refractivity contribution in [2.45, 2.75) is 101 Å². The van der Waals surface area contributed by atoms with Crippen molar-refractivity contribution in [3.05, 3.63) is 23.3 Å². The van der Waals surface area contributed by atoms with E-state index in [0.717, 1.165) is 44.6 Å². The van der Waals surface area contributed by atoms with Crippen LogP contribution in [0.5, 0.6) is 11.5 Å². The summed E-state index contributed by atoms with van der Waals surface area (Å²) in [4.78, 5) is 2.82. The lowest BCUT2D eigenvalue weighted by atomic mass is 9.33. The van der Waals surface area contributed by atoms with Gasteiger partial charge in [-0.1, -0.05) is 26.8 Å². The van der Waals surface area contributed by atoms with Crippen LogP contribution in [0.1, 0.15) is 77.3 Å². The second kappa shape index (κ2) is 6.33. The molecule has 2 unspecified atom stereocenters. The number of aliphatic hydroxyl groups is 1. The maximum Gasteiger partial charge on any atom is 0.165 e. The Morgan fingerprint density at radius 3 is 2.59 bits per heavy atom. The van der Waals surface area contributed by atoms with Gasteiger partial charge in [-0.25, -0.2) is 0 Å². The molecule has 0 amide bonds. The topological polar surface area (TPSA) is 62.2 Å². The van der Waals surface area contributed by atoms with Crippen LogP contribution in [-0.4, -0.2) is 58.7 Å². The lowest BCUT2D eigenvalue weighted by Crippen LogP contribution is -2.83. The Morgan fingerprint density at radius 1 is 1.15 bits per heavy atom. The van der Waals surface area contributed by atoms with Gasteiger partial charge in [0.15, 0.2) is 11.5 Å². The van der Waals surface area contributed by atoms with E-state index in [-0.39, 0.29) is 34.0 Å². The van der Waals surface area contributed by atoms with Gasteiger partial charge in [0, 0.05) is 42.0 Å². The lowest BCUT2D eigenvalue weighted by Gasteiger charge is -2.75. The highest BCUT2D eigenvalue weighted by Crippen LogP contribution is 2.78. The molecule has 4 saturated carbocycles. The number of likely N-dealkylation sites (tertiary alicyclic amines) is 1. The molecule has 1 saturated heterocycles. The highest BCUT2D eigenvalue weighted by atomic mass is 16.6. The summed E-state index contributed by atoms with van der Waals surface area (Å²) >= 11 is 0. The van der Waals surface area contributed by atoms with Gasteiger partial charge in [0.05, 0.1) is 5.60 Å². The third-order valence-corrected chi connectivity index (χ3v) is 11.9. The smallest absolute Gasteiger partial charge is 0.165 e. The summed E-state index contributed by atoms with van der Waals surface area (Å²) in [7, 11) is 1.83. The van der Waals surface area contributed by atoms with Crippen molar-refractivity contribution in [1.29, 1.82) is 0 Å². The minimum Gasteiger partial charge on any atom is -0.504 e. The summed E-state index contributed by atoms with van der Waals surface area (Å²) in [6.07, 6.45) is 7.64. The van der Waals surface area contributed by atoms with E-state index in [1.54, 1.807) is 0 Å². The van der Waals surface area contributed by atoms with Gasteiger partial charge in [-0.2, -0.15) is 0 Å². The Balaban J connectivity index is 1.47. The zero-order valence-corrected chi connectivity index (χ0v) is 21.5. The predicted molar refractivity (Wildman–Crippen MR) is 130 cm³/mol. The summed E-state index contributed by atoms with van der Waals surface area (Å²) < 4.78 is 13.5. The third kappa shape index (κ3) is 2.25. The van der Waals surface area contributed by atoms with Crippen molar-refractivity contribution < 1.29 is 19.7 Å². The quantitative estimate of drug-likeness (QED) is 0.687. The standard InChI is InChI=1S/C29H41NO4/c1-25(2,3)26(4,32)20-15-27-10-11-29(20,33-5)24-28(27)12-13-30(16-17-6-7-17)21(27)14-18-8-9-19(31)23(34-24)22(18)28/h8-9,17,20-21,24,31-32H,6-7,10-16H2,1-5H3/t20-,21?,24?,26-,27-,28+,29-/m1/s1. The first-order chi connectivity index (χ1) is 16.0. The van der Waals surface area contributed by atoms with Crippen LogP contribution < -0.4 is 4.74 Å². The summed E-state index contributed by atoms with van der Waals surface area (Å²) in [5, 5.41) is 23.2. The number of aromatic hydroxyl groups is 1. The molecule has 1 aromatic carbocycles. The molecule has 5 aliphatic carbocycles. The van der Waals surface area contributed by atoms with E-state index in [4.69, 9.17) is 9.47 Å². The van der Waals surface area contributed by atoms with Crippen molar-refractivity contribution in [2.24, 2.45) is 22.7 Å². The van der Waals surface area contributed by atoms with Crippen LogP contribution in [-0.2, 0) is 16.6 Å². The Morgan fingerprint density at radius 2 is 1.91 bits per heavy atom. The van der Waals surface area contributed by atoms with E-state index in [9.17, 15) is 10.2 Å². The molecule has 1 aromatic rings. The molecular weight excluding hydrogens is 426 g/mol. The number of phenols is 1. The van der Waals surface area contributed by atoms with E-state index in [0.29, 0.717) is 11.8 Å². The molecule has 2 aliphatic heterocycles. The Bertz CT molecular complexity index is 1060. The van der Waals surface area contributed by atoms with Gasteiger partial charge in [0.2, 0.25) is 0 Å². The molecule has 0 radical (unpaired) electrons. The zero-order chi connectivity index (χ0) is 23.9. The molecular formula is C29H41NO4. The number of phenolic OH excluding ortho intramolecular Hbond substituents is 1. The fraction of sp³-hybridized carbons (Fsp3) is 0.793. The average Bonchev–Trinajstić information content (AvgIpc) is 3.53. The molecule has 2 heterocycles. The highest BCUT2D eigenvalue weighted by molar-refractivity contribution is 5.63. The minimum absolute atomic E-state index is 0.0294. The van der Waals surface area contributed by atoms with Crippen LogP contribution >= 0.6 is 0 Å². The monoisotopic (exact) mass is 467 g/mol. The molecule has 2 N–H and O–H groups in total. The van der Waals surface area contributed by atoms with Gasteiger partial charge in [-0.05, 0) is 81.4 Å². The van der Waals surface area contributed by atoms with Crippen LogP contribution in [0.25, 0.3) is 0 Å². The van der Waals surface area contributed by atoms with Crippen molar-refractivity contribution in [3.8, 4) is 11.5 Å². The van der Waals surface area contributed by atoms with Crippen molar-refractivity contribution >= 4 is 0 Å². The zero-order valence-electron chi connectivity index (χ0n) is 21.5. The van der Waals surface area contributed by atoms with Gasteiger partial charge in [-0.15, -0.1) is 0 Å². The Kier molecular flexibility index (Phi) is 4.08. The molecule has 5 heteroatoms. The van der Waals surface area contributed by atoms with Gasteiger partial charge in [-0.3, -0.25) is 4.90 Å². The summed E-state index contributed by atoms with van der Waals surface area (Å²) in [6, 6.07) is 4.46. The molecule has 186 valence electrons. The van der Waals surface area contributed by atoms with E-state index < -0.39 is 11.2 Å².